The van der Waals surface area contributed by atoms with Gasteiger partial charge in [-0.25, -0.2) is 0 Å². The van der Waals surface area contributed by atoms with Crippen molar-refractivity contribution < 1.29 is 4.74 Å². The molecule has 0 heterocycles. The predicted molar refractivity (Wildman–Crippen MR) is 81.8 cm³/mol. The Labute approximate surface area is 117 Å². The van der Waals surface area contributed by atoms with E-state index >= 15 is 0 Å². The first kappa shape index (κ1) is 14.2. The van der Waals surface area contributed by atoms with E-state index in [-0.39, 0.29) is 0 Å². The van der Waals surface area contributed by atoms with Crippen LogP contribution in [0.25, 0.3) is 0 Å². The molecule has 106 valence electrons. The van der Waals surface area contributed by atoms with Crippen molar-refractivity contribution in [1.29, 1.82) is 0 Å². The van der Waals surface area contributed by atoms with E-state index in [0.717, 1.165) is 24.7 Å². The minimum absolute atomic E-state index is 0.466. The molecule has 2 heteroatoms. The highest BCUT2D eigenvalue weighted by molar-refractivity contribution is 5.49. The zero-order valence-corrected chi connectivity index (χ0v) is 12.7. The lowest BCUT2D eigenvalue weighted by Gasteiger charge is -2.20. The van der Waals surface area contributed by atoms with Gasteiger partial charge in [0, 0.05) is 17.8 Å². The van der Waals surface area contributed by atoms with Crippen LogP contribution in [0.4, 0.5) is 5.69 Å². The lowest BCUT2D eigenvalue weighted by atomic mass is 9.91. The predicted octanol–water partition coefficient (Wildman–Crippen LogP) is 4.71. The van der Waals surface area contributed by atoms with E-state index in [4.69, 9.17) is 4.74 Å². The average molecular weight is 261 g/mol. The molecule has 1 N–H and O–H groups in total. The molecule has 0 spiro atoms. The monoisotopic (exact) mass is 261 g/mol. The third-order valence-corrected chi connectivity index (χ3v) is 3.99. The summed E-state index contributed by atoms with van der Waals surface area (Å²) in [5, 5.41) is 3.68. The van der Waals surface area contributed by atoms with Crippen LogP contribution in [-0.4, -0.2) is 12.6 Å². The molecule has 1 aromatic carbocycles. The minimum Gasteiger partial charge on any atom is -0.494 e. The van der Waals surface area contributed by atoms with Crippen LogP contribution in [-0.2, 0) is 0 Å². The molecular weight excluding hydrogens is 234 g/mol. The summed E-state index contributed by atoms with van der Waals surface area (Å²) in [6.45, 7) is 10.0. The van der Waals surface area contributed by atoms with Crippen LogP contribution in [0.5, 0.6) is 5.75 Å². The number of hydrogen-bond acceptors (Lipinski definition) is 2. The lowest BCUT2D eigenvalue weighted by Crippen LogP contribution is -2.22. The summed E-state index contributed by atoms with van der Waals surface area (Å²) < 4.78 is 5.69. The topological polar surface area (TPSA) is 21.3 Å². The first-order valence-electron chi connectivity index (χ1n) is 7.49. The first-order chi connectivity index (χ1) is 9.00. The van der Waals surface area contributed by atoms with Gasteiger partial charge in [-0.1, -0.05) is 33.8 Å². The summed E-state index contributed by atoms with van der Waals surface area (Å²) in [7, 11) is 0. The number of benzene rings is 1. The molecule has 1 saturated carbocycles. The zero-order valence-electron chi connectivity index (χ0n) is 12.7. The van der Waals surface area contributed by atoms with E-state index in [1.165, 1.54) is 18.5 Å². The quantitative estimate of drug-likeness (QED) is 0.828. The van der Waals surface area contributed by atoms with Crippen molar-refractivity contribution >= 4 is 5.69 Å². The lowest BCUT2D eigenvalue weighted by molar-refractivity contribution is 0.317. The molecule has 0 aliphatic heterocycles. The van der Waals surface area contributed by atoms with Crippen molar-refractivity contribution in [3.63, 3.8) is 0 Å². The van der Waals surface area contributed by atoms with E-state index < -0.39 is 0 Å². The SMILES string of the molecule is CCCOc1cccc(NC2CC(C)(C)CC2C)c1. The molecule has 19 heavy (non-hydrogen) atoms. The molecule has 0 saturated heterocycles. The molecule has 1 aliphatic rings. The van der Waals surface area contributed by atoms with Crippen LogP contribution in [0.1, 0.15) is 47.0 Å². The van der Waals surface area contributed by atoms with Crippen LogP contribution in [0.3, 0.4) is 0 Å². The number of rotatable bonds is 5. The highest BCUT2D eigenvalue weighted by atomic mass is 16.5. The van der Waals surface area contributed by atoms with E-state index in [1.54, 1.807) is 0 Å². The third-order valence-electron chi connectivity index (χ3n) is 3.99. The summed E-state index contributed by atoms with van der Waals surface area (Å²) in [5.41, 5.74) is 1.65. The molecule has 0 amide bonds. The Kier molecular flexibility index (Phi) is 4.38. The van der Waals surface area contributed by atoms with Gasteiger partial charge < -0.3 is 10.1 Å². The standard InChI is InChI=1S/C17H27NO/c1-5-9-19-15-8-6-7-14(10-15)18-16-12-17(3,4)11-13(16)2/h6-8,10,13,16,18H,5,9,11-12H2,1-4H3. The third kappa shape index (κ3) is 3.89. The smallest absolute Gasteiger partial charge is 0.121 e. The Balaban J connectivity index is 1.99. The van der Waals surface area contributed by atoms with Gasteiger partial charge >= 0.3 is 0 Å². The molecule has 2 unspecified atom stereocenters. The normalized spacial score (nSPS) is 25.3. The van der Waals surface area contributed by atoms with Crippen LogP contribution in [0, 0.1) is 11.3 Å². The van der Waals surface area contributed by atoms with Crippen molar-refractivity contribution in [3.8, 4) is 5.75 Å². The van der Waals surface area contributed by atoms with Gasteiger partial charge in [0.1, 0.15) is 5.75 Å². The molecule has 2 atom stereocenters. The van der Waals surface area contributed by atoms with E-state index in [9.17, 15) is 0 Å². The molecule has 1 aliphatic carbocycles. The number of hydrogen-bond donors (Lipinski definition) is 1. The Morgan fingerprint density at radius 1 is 1.32 bits per heavy atom. The van der Waals surface area contributed by atoms with Gasteiger partial charge in [-0.05, 0) is 42.7 Å². The minimum atomic E-state index is 0.466. The number of anilines is 1. The molecule has 0 bridgehead atoms. The highest BCUT2D eigenvalue weighted by Crippen LogP contribution is 2.42. The van der Waals surface area contributed by atoms with E-state index in [1.807, 2.05) is 6.07 Å². The van der Waals surface area contributed by atoms with Crippen molar-refractivity contribution in [2.45, 2.75) is 53.0 Å². The van der Waals surface area contributed by atoms with Crippen molar-refractivity contribution in [3.05, 3.63) is 24.3 Å². The summed E-state index contributed by atoms with van der Waals surface area (Å²) in [6, 6.07) is 8.93. The fourth-order valence-electron chi connectivity index (χ4n) is 3.20. The van der Waals surface area contributed by atoms with Gasteiger partial charge in [0.05, 0.1) is 6.61 Å². The maximum absolute atomic E-state index is 5.69. The molecule has 2 nitrogen and oxygen atoms in total. The van der Waals surface area contributed by atoms with Crippen molar-refractivity contribution in [1.82, 2.24) is 0 Å². The van der Waals surface area contributed by atoms with E-state index in [2.05, 4.69) is 51.2 Å². The van der Waals surface area contributed by atoms with E-state index in [0.29, 0.717) is 11.5 Å². The van der Waals surface area contributed by atoms with Gasteiger partial charge in [-0.15, -0.1) is 0 Å². The van der Waals surface area contributed by atoms with Gasteiger partial charge in [-0.3, -0.25) is 0 Å². The maximum atomic E-state index is 5.69. The molecule has 0 radical (unpaired) electrons. The zero-order chi connectivity index (χ0) is 13.9. The fraction of sp³-hybridized carbons (Fsp3) is 0.647. The van der Waals surface area contributed by atoms with Crippen LogP contribution < -0.4 is 10.1 Å². The highest BCUT2D eigenvalue weighted by Gasteiger charge is 2.36. The summed E-state index contributed by atoms with van der Waals surface area (Å²) in [4.78, 5) is 0. The van der Waals surface area contributed by atoms with Gasteiger partial charge in [0.25, 0.3) is 0 Å². The van der Waals surface area contributed by atoms with Crippen LogP contribution >= 0.6 is 0 Å². The Bertz CT molecular complexity index is 413. The first-order valence-corrected chi connectivity index (χ1v) is 7.49. The van der Waals surface area contributed by atoms with Gasteiger partial charge in [0.2, 0.25) is 0 Å². The van der Waals surface area contributed by atoms with Crippen molar-refractivity contribution in [2.75, 3.05) is 11.9 Å². The van der Waals surface area contributed by atoms with Gasteiger partial charge in [0.15, 0.2) is 0 Å². The molecular formula is C17H27NO. The molecule has 2 rings (SSSR count). The Morgan fingerprint density at radius 2 is 2.11 bits per heavy atom. The maximum Gasteiger partial charge on any atom is 0.121 e. The Hall–Kier alpha value is -1.18. The average Bonchev–Trinajstić information content (AvgIpc) is 2.60. The second-order valence-corrected chi connectivity index (χ2v) is 6.68. The Morgan fingerprint density at radius 3 is 2.74 bits per heavy atom. The van der Waals surface area contributed by atoms with Crippen LogP contribution in [0.15, 0.2) is 24.3 Å². The molecule has 0 aromatic heterocycles. The number of ether oxygens (including phenoxy) is 1. The summed E-state index contributed by atoms with van der Waals surface area (Å²) >= 11 is 0. The fourth-order valence-corrected chi connectivity index (χ4v) is 3.20. The number of nitrogens with one attached hydrogen (secondary N) is 1. The second-order valence-electron chi connectivity index (χ2n) is 6.68. The molecule has 1 aromatic rings. The second kappa shape index (κ2) is 5.85. The summed E-state index contributed by atoms with van der Waals surface area (Å²) in [6.07, 6.45) is 3.59. The van der Waals surface area contributed by atoms with Gasteiger partial charge in [-0.2, -0.15) is 0 Å². The van der Waals surface area contributed by atoms with Crippen molar-refractivity contribution in [2.24, 2.45) is 11.3 Å². The largest absolute Gasteiger partial charge is 0.494 e. The summed E-state index contributed by atoms with van der Waals surface area (Å²) in [5.74, 6) is 1.70. The van der Waals surface area contributed by atoms with Crippen LogP contribution in [0.2, 0.25) is 0 Å². The molecule has 1 fully saturated rings.